The number of fused-ring (bicyclic) bond motifs is 1. The van der Waals surface area contributed by atoms with Crippen LogP contribution in [-0.2, 0) is 14.3 Å². The van der Waals surface area contributed by atoms with E-state index < -0.39 is 17.6 Å². The quantitative estimate of drug-likeness (QED) is 0.313. The first-order valence-corrected chi connectivity index (χ1v) is 5.66. The summed E-state index contributed by atoms with van der Waals surface area (Å²) in [5, 5.41) is 11.4. The molecule has 1 heterocycles. The average Bonchev–Trinajstić information content (AvgIpc) is 2.69. The molecular formula is C11H15NO5. The lowest BCUT2D eigenvalue weighted by Gasteiger charge is -2.30. The summed E-state index contributed by atoms with van der Waals surface area (Å²) in [7, 11) is 1.26. The molecule has 17 heavy (non-hydrogen) atoms. The van der Waals surface area contributed by atoms with E-state index in [-0.39, 0.29) is 11.5 Å². The van der Waals surface area contributed by atoms with Crippen LogP contribution in [0.15, 0.2) is 11.6 Å². The van der Waals surface area contributed by atoms with Crippen molar-refractivity contribution in [3.05, 3.63) is 21.8 Å². The first kappa shape index (κ1) is 12.0. The van der Waals surface area contributed by atoms with Crippen molar-refractivity contribution in [1.29, 1.82) is 0 Å². The standard InChI is InChI=1S/C11H15NO5/c1-16-10(13)6-8-7-17-9-4-2-3-5-11(8,9)12(14)15/h6,9H,2-5,7H2,1H3/b8-6+/t9-,11+/m0/s1. The Balaban J connectivity index is 2.37. The normalized spacial score (nSPS) is 34.4. The second kappa shape index (κ2) is 4.44. The molecule has 2 atom stereocenters. The monoisotopic (exact) mass is 241 g/mol. The molecule has 0 N–H and O–H groups in total. The number of nitro groups is 1. The number of carbonyl (C=O) groups is 1. The van der Waals surface area contributed by atoms with Crippen LogP contribution >= 0.6 is 0 Å². The zero-order valence-electron chi connectivity index (χ0n) is 9.68. The van der Waals surface area contributed by atoms with Crippen LogP contribution in [0.2, 0.25) is 0 Å². The van der Waals surface area contributed by atoms with Crippen LogP contribution in [-0.4, -0.2) is 36.3 Å². The Bertz CT molecular complexity index is 378. The van der Waals surface area contributed by atoms with Gasteiger partial charge in [0.25, 0.3) is 5.54 Å². The molecule has 0 unspecified atom stereocenters. The molecule has 0 aromatic heterocycles. The van der Waals surface area contributed by atoms with E-state index in [1.807, 2.05) is 0 Å². The maximum Gasteiger partial charge on any atom is 0.330 e. The molecule has 6 heteroatoms. The Morgan fingerprint density at radius 3 is 3.06 bits per heavy atom. The molecule has 0 spiro atoms. The fourth-order valence-corrected chi connectivity index (χ4v) is 2.72. The minimum Gasteiger partial charge on any atom is -0.466 e. The van der Waals surface area contributed by atoms with Gasteiger partial charge in [-0.15, -0.1) is 0 Å². The Kier molecular flexibility index (Phi) is 3.15. The minimum atomic E-state index is -1.20. The molecule has 2 aliphatic rings. The van der Waals surface area contributed by atoms with Crippen molar-refractivity contribution in [3.63, 3.8) is 0 Å². The van der Waals surface area contributed by atoms with E-state index in [0.717, 1.165) is 12.8 Å². The van der Waals surface area contributed by atoms with Crippen LogP contribution in [0.5, 0.6) is 0 Å². The summed E-state index contributed by atoms with van der Waals surface area (Å²) in [4.78, 5) is 22.3. The molecule has 6 nitrogen and oxygen atoms in total. The SMILES string of the molecule is COC(=O)/C=C1\CO[C@H]2CCCC[C@@]12[N+](=O)[O-]. The minimum absolute atomic E-state index is 0.154. The topological polar surface area (TPSA) is 78.7 Å². The van der Waals surface area contributed by atoms with Crippen LogP contribution in [0.4, 0.5) is 0 Å². The van der Waals surface area contributed by atoms with Crippen LogP contribution in [0.25, 0.3) is 0 Å². The van der Waals surface area contributed by atoms with Gasteiger partial charge in [-0.05, 0) is 12.8 Å². The number of ether oxygens (including phenoxy) is 2. The van der Waals surface area contributed by atoms with Gasteiger partial charge < -0.3 is 9.47 Å². The van der Waals surface area contributed by atoms with Gasteiger partial charge in [-0.1, -0.05) is 6.42 Å². The summed E-state index contributed by atoms with van der Waals surface area (Å²) >= 11 is 0. The van der Waals surface area contributed by atoms with Crippen molar-refractivity contribution in [2.24, 2.45) is 0 Å². The molecule has 0 amide bonds. The third-order valence-corrected chi connectivity index (χ3v) is 3.62. The maximum absolute atomic E-state index is 11.4. The molecule has 1 saturated heterocycles. The van der Waals surface area contributed by atoms with Gasteiger partial charge in [-0.3, -0.25) is 10.1 Å². The van der Waals surface area contributed by atoms with Crippen molar-refractivity contribution in [2.45, 2.75) is 37.3 Å². The van der Waals surface area contributed by atoms with Gasteiger partial charge in [0.15, 0.2) is 0 Å². The smallest absolute Gasteiger partial charge is 0.330 e. The van der Waals surface area contributed by atoms with Gasteiger partial charge in [0.05, 0.1) is 13.7 Å². The van der Waals surface area contributed by atoms with Crippen molar-refractivity contribution < 1.29 is 19.2 Å². The van der Waals surface area contributed by atoms with Crippen LogP contribution < -0.4 is 0 Å². The highest BCUT2D eigenvalue weighted by Crippen LogP contribution is 2.43. The molecule has 1 aliphatic carbocycles. The highest BCUT2D eigenvalue weighted by molar-refractivity contribution is 5.83. The van der Waals surface area contributed by atoms with E-state index in [1.54, 1.807) is 0 Å². The Morgan fingerprint density at radius 1 is 1.65 bits per heavy atom. The number of hydrogen-bond acceptors (Lipinski definition) is 5. The predicted octanol–water partition coefficient (Wildman–Crippen LogP) is 1.07. The van der Waals surface area contributed by atoms with E-state index in [2.05, 4.69) is 4.74 Å². The number of hydrogen-bond donors (Lipinski definition) is 0. The average molecular weight is 241 g/mol. The summed E-state index contributed by atoms with van der Waals surface area (Å²) in [6.45, 7) is 0.154. The maximum atomic E-state index is 11.4. The fourth-order valence-electron chi connectivity index (χ4n) is 2.72. The van der Waals surface area contributed by atoms with E-state index in [4.69, 9.17) is 4.74 Å². The predicted molar refractivity (Wildman–Crippen MR) is 58.0 cm³/mol. The molecule has 0 aromatic carbocycles. The van der Waals surface area contributed by atoms with Crippen molar-refractivity contribution >= 4 is 5.97 Å². The lowest BCUT2D eigenvalue weighted by molar-refractivity contribution is -0.568. The molecule has 94 valence electrons. The van der Waals surface area contributed by atoms with Gasteiger partial charge in [0.1, 0.15) is 6.10 Å². The lowest BCUT2D eigenvalue weighted by Crippen LogP contribution is -2.49. The zero-order valence-corrected chi connectivity index (χ0v) is 9.68. The van der Waals surface area contributed by atoms with Gasteiger partial charge >= 0.3 is 5.97 Å². The second-order valence-electron chi connectivity index (χ2n) is 4.42. The first-order chi connectivity index (χ1) is 8.11. The number of nitrogens with zero attached hydrogens (tertiary/aromatic N) is 1. The van der Waals surface area contributed by atoms with Crippen LogP contribution in [0.1, 0.15) is 25.7 Å². The first-order valence-electron chi connectivity index (χ1n) is 5.66. The molecule has 2 rings (SSSR count). The Morgan fingerprint density at radius 2 is 2.41 bits per heavy atom. The van der Waals surface area contributed by atoms with Crippen molar-refractivity contribution in [2.75, 3.05) is 13.7 Å². The molecule has 0 aromatic rings. The third kappa shape index (κ3) is 1.82. The van der Waals surface area contributed by atoms with E-state index in [9.17, 15) is 14.9 Å². The van der Waals surface area contributed by atoms with Crippen molar-refractivity contribution in [3.8, 4) is 0 Å². The number of carbonyl (C=O) groups excluding carboxylic acids is 1. The molecule has 0 bridgehead atoms. The summed E-state index contributed by atoms with van der Waals surface area (Å²) in [5.41, 5.74) is -0.758. The van der Waals surface area contributed by atoms with Gasteiger partial charge in [0, 0.05) is 23.0 Å². The number of rotatable bonds is 2. The summed E-state index contributed by atoms with van der Waals surface area (Å²) in [6.07, 6.45) is 3.66. The fraction of sp³-hybridized carbons (Fsp3) is 0.727. The Hall–Kier alpha value is -1.43. The van der Waals surface area contributed by atoms with E-state index in [0.29, 0.717) is 18.4 Å². The summed E-state index contributed by atoms with van der Waals surface area (Å²) in [6, 6.07) is 0. The molecule has 1 saturated carbocycles. The van der Waals surface area contributed by atoms with Gasteiger partial charge in [-0.25, -0.2) is 4.79 Å². The van der Waals surface area contributed by atoms with Crippen LogP contribution in [0.3, 0.4) is 0 Å². The zero-order chi connectivity index (χ0) is 12.5. The molecule has 0 radical (unpaired) electrons. The summed E-state index contributed by atoms with van der Waals surface area (Å²) < 4.78 is 9.98. The number of esters is 1. The van der Waals surface area contributed by atoms with Crippen LogP contribution in [0, 0.1) is 10.1 Å². The lowest BCUT2D eigenvalue weighted by atomic mass is 9.76. The van der Waals surface area contributed by atoms with Gasteiger partial charge in [-0.2, -0.15) is 0 Å². The third-order valence-electron chi connectivity index (χ3n) is 3.62. The molecular weight excluding hydrogens is 226 g/mol. The largest absolute Gasteiger partial charge is 0.466 e. The number of methoxy groups -OCH3 is 1. The van der Waals surface area contributed by atoms with Crippen molar-refractivity contribution in [1.82, 2.24) is 0 Å². The second-order valence-corrected chi connectivity index (χ2v) is 4.42. The molecule has 2 fully saturated rings. The van der Waals surface area contributed by atoms with Gasteiger partial charge in [0.2, 0.25) is 0 Å². The summed E-state index contributed by atoms with van der Waals surface area (Å²) in [5.74, 6) is -0.559. The van der Waals surface area contributed by atoms with E-state index in [1.165, 1.54) is 13.2 Å². The highest BCUT2D eigenvalue weighted by atomic mass is 16.6. The molecule has 1 aliphatic heterocycles. The highest BCUT2D eigenvalue weighted by Gasteiger charge is 2.59. The Labute approximate surface area is 98.7 Å². The van der Waals surface area contributed by atoms with E-state index >= 15 is 0 Å².